The van der Waals surface area contributed by atoms with Crippen molar-refractivity contribution in [2.24, 2.45) is 5.73 Å². The van der Waals surface area contributed by atoms with Gasteiger partial charge in [0.25, 0.3) is 0 Å². The highest BCUT2D eigenvalue weighted by molar-refractivity contribution is 5.47. The van der Waals surface area contributed by atoms with Crippen molar-refractivity contribution in [1.29, 1.82) is 0 Å². The van der Waals surface area contributed by atoms with E-state index in [0.717, 1.165) is 0 Å². The average molecular weight is 212 g/mol. The molecule has 1 aromatic rings. The van der Waals surface area contributed by atoms with Crippen LogP contribution in [-0.4, -0.2) is 30.8 Å². The number of nitrogens with two attached hydrogens (primary N) is 1. The van der Waals surface area contributed by atoms with Crippen LogP contribution in [0.15, 0.2) is 24.3 Å². The van der Waals surface area contributed by atoms with Crippen LogP contribution in [0.25, 0.3) is 0 Å². The Bertz CT molecular complexity index is 306. The van der Waals surface area contributed by atoms with Gasteiger partial charge in [0.1, 0.15) is 5.82 Å². The molecule has 0 saturated carbocycles. The number of aliphatic hydroxyl groups is 1. The van der Waals surface area contributed by atoms with E-state index in [0.29, 0.717) is 18.8 Å². The van der Waals surface area contributed by atoms with Crippen LogP contribution >= 0.6 is 0 Å². The van der Waals surface area contributed by atoms with E-state index in [9.17, 15) is 4.39 Å². The molecule has 1 rings (SSSR count). The molecule has 0 aliphatic heterocycles. The second-order valence-corrected chi connectivity index (χ2v) is 3.43. The quantitative estimate of drug-likeness (QED) is 0.764. The Morgan fingerprint density at radius 3 is 2.67 bits per heavy atom. The van der Waals surface area contributed by atoms with Crippen molar-refractivity contribution in [1.82, 2.24) is 0 Å². The molecule has 3 nitrogen and oxygen atoms in total. The summed E-state index contributed by atoms with van der Waals surface area (Å²) in [5, 5.41) is 8.85. The average Bonchev–Trinajstić information content (AvgIpc) is 2.26. The predicted octanol–water partition coefficient (Wildman–Crippen LogP) is 0.972. The minimum Gasteiger partial charge on any atom is -0.395 e. The maximum absolute atomic E-state index is 13.4. The summed E-state index contributed by atoms with van der Waals surface area (Å²) in [6.07, 6.45) is 0. The van der Waals surface area contributed by atoms with Crippen molar-refractivity contribution in [2.45, 2.75) is 13.0 Å². The van der Waals surface area contributed by atoms with E-state index in [1.54, 1.807) is 18.2 Å². The Hall–Kier alpha value is -1.13. The summed E-state index contributed by atoms with van der Waals surface area (Å²) in [4.78, 5) is 1.82. The molecule has 0 heterocycles. The number of aliphatic hydroxyl groups excluding tert-OH is 1. The minimum atomic E-state index is -0.343. The van der Waals surface area contributed by atoms with E-state index in [1.165, 1.54) is 6.07 Å². The van der Waals surface area contributed by atoms with Gasteiger partial charge in [0, 0.05) is 19.1 Å². The molecule has 1 atom stereocenters. The maximum atomic E-state index is 13.4. The van der Waals surface area contributed by atoms with Crippen LogP contribution < -0.4 is 10.6 Å². The SMILES string of the molecule is CCN(CC(N)CO)c1ccccc1F. The number of likely N-dealkylation sites (N-methyl/N-ethyl adjacent to an activating group) is 1. The molecule has 0 bridgehead atoms. The molecule has 84 valence electrons. The highest BCUT2D eigenvalue weighted by atomic mass is 19.1. The van der Waals surface area contributed by atoms with Gasteiger partial charge in [-0.1, -0.05) is 12.1 Å². The third kappa shape index (κ3) is 3.18. The molecule has 1 unspecified atom stereocenters. The van der Waals surface area contributed by atoms with Gasteiger partial charge in [-0.15, -0.1) is 0 Å². The molecule has 0 saturated heterocycles. The van der Waals surface area contributed by atoms with Gasteiger partial charge in [-0.05, 0) is 19.1 Å². The number of rotatable bonds is 5. The predicted molar refractivity (Wildman–Crippen MR) is 59.3 cm³/mol. The van der Waals surface area contributed by atoms with Crippen LogP contribution in [-0.2, 0) is 0 Å². The van der Waals surface area contributed by atoms with Crippen molar-refractivity contribution < 1.29 is 9.50 Å². The van der Waals surface area contributed by atoms with E-state index in [1.807, 2.05) is 11.8 Å². The second kappa shape index (κ2) is 5.68. The first-order chi connectivity index (χ1) is 7.19. The molecule has 0 radical (unpaired) electrons. The molecule has 1 aromatic carbocycles. The fraction of sp³-hybridized carbons (Fsp3) is 0.455. The summed E-state index contributed by atoms with van der Waals surface area (Å²) < 4.78 is 13.4. The van der Waals surface area contributed by atoms with Crippen LogP contribution in [0.5, 0.6) is 0 Å². The Morgan fingerprint density at radius 1 is 1.47 bits per heavy atom. The lowest BCUT2D eigenvalue weighted by Crippen LogP contribution is -2.40. The summed E-state index contributed by atoms with van der Waals surface area (Å²) in [6, 6.07) is 6.22. The minimum absolute atomic E-state index is 0.0923. The monoisotopic (exact) mass is 212 g/mol. The van der Waals surface area contributed by atoms with Crippen LogP contribution in [0.2, 0.25) is 0 Å². The molecule has 15 heavy (non-hydrogen) atoms. The molecule has 0 amide bonds. The van der Waals surface area contributed by atoms with Crippen molar-refractivity contribution >= 4 is 5.69 Å². The Kier molecular flexibility index (Phi) is 4.52. The molecule has 3 N–H and O–H groups in total. The van der Waals surface area contributed by atoms with Gasteiger partial charge in [-0.25, -0.2) is 4.39 Å². The highest BCUT2D eigenvalue weighted by Gasteiger charge is 2.12. The lowest BCUT2D eigenvalue weighted by molar-refractivity contribution is 0.266. The lowest BCUT2D eigenvalue weighted by Gasteiger charge is -2.25. The first kappa shape index (κ1) is 11.9. The number of para-hydroxylation sites is 1. The number of anilines is 1. The summed E-state index contributed by atoms with van der Waals surface area (Å²) in [5.74, 6) is -0.260. The van der Waals surface area contributed by atoms with Crippen molar-refractivity contribution in [2.75, 3.05) is 24.6 Å². The molecule has 0 aromatic heterocycles. The number of halogens is 1. The van der Waals surface area contributed by atoms with Gasteiger partial charge in [0.15, 0.2) is 0 Å². The molecule has 4 heteroatoms. The standard InChI is InChI=1S/C11H17FN2O/c1-2-14(7-9(13)8-15)11-6-4-3-5-10(11)12/h3-6,9,15H,2,7-8,13H2,1H3. The number of hydrogen-bond donors (Lipinski definition) is 2. The van der Waals surface area contributed by atoms with E-state index in [4.69, 9.17) is 10.8 Å². The Balaban J connectivity index is 2.78. The summed E-state index contributed by atoms with van der Waals surface area (Å²) in [5.41, 5.74) is 6.15. The Labute approximate surface area is 89.3 Å². The van der Waals surface area contributed by atoms with E-state index < -0.39 is 0 Å². The van der Waals surface area contributed by atoms with Gasteiger partial charge in [-0.3, -0.25) is 0 Å². The van der Waals surface area contributed by atoms with Crippen molar-refractivity contribution in [3.05, 3.63) is 30.1 Å². The molecular weight excluding hydrogens is 195 g/mol. The van der Waals surface area contributed by atoms with Gasteiger partial charge in [0.05, 0.1) is 12.3 Å². The summed E-state index contributed by atoms with van der Waals surface area (Å²) in [7, 11) is 0. The van der Waals surface area contributed by atoms with E-state index in [2.05, 4.69) is 0 Å². The third-order valence-electron chi connectivity index (χ3n) is 2.26. The fourth-order valence-corrected chi connectivity index (χ4v) is 1.45. The molecule has 0 spiro atoms. The second-order valence-electron chi connectivity index (χ2n) is 3.43. The van der Waals surface area contributed by atoms with Crippen LogP contribution in [0.4, 0.5) is 10.1 Å². The largest absolute Gasteiger partial charge is 0.395 e. The number of benzene rings is 1. The van der Waals surface area contributed by atoms with Crippen molar-refractivity contribution in [3.8, 4) is 0 Å². The molecule has 0 aliphatic carbocycles. The fourth-order valence-electron chi connectivity index (χ4n) is 1.45. The number of nitrogens with zero attached hydrogens (tertiary/aromatic N) is 1. The topological polar surface area (TPSA) is 49.5 Å². The van der Waals surface area contributed by atoms with Crippen LogP contribution in [0.3, 0.4) is 0 Å². The molecule has 0 aliphatic rings. The zero-order valence-corrected chi connectivity index (χ0v) is 8.86. The zero-order valence-electron chi connectivity index (χ0n) is 8.86. The number of hydrogen-bond acceptors (Lipinski definition) is 3. The molecular formula is C11H17FN2O. The van der Waals surface area contributed by atoms with E-state index in [-0.39, 0.29) is 18.5 Å². The maximum Gasteiger partial charge on any atom is 0.146 e. The zero-order chi connectivity index (χ0) is 11.3. The van der Waals surface area contributed by atoms with Crippen LogP contribution in [0.1, 0.15) is 6.92 Å². The highest BCUT2D eigenvalue weighted by Crippen LogP contribution is 2.18. The Morgan fingerprint density at radius 2 is 2.13 bits per heavy atom. The first-order valence-corrected chi connectivity index (χ1v) is 5.05. The first-order valence-electron chi connectivity index (χ1n) is 5.05. The van der Waals surface area contributed by atoms with Gasteiger partial charge in [0.2, 0.25) is 0 Å². The smallest absolute Gasteiger partial charge is 0.146 e. The third-order valence-corrected chi connectivity index (χ3v) is 2.26. The lowest BCUT2D eigenvalue weighted by atomic mass is 10.2. The van der Waals surface area contributed by atoms with E-state index >= 15 is 0 Å². The molecule has 0 fully saturated rings. The normalized spacial score (nSPS) is 12.5. The van der Waals surface area contributed by atoms with Crippen molar-refractivity contribution in [3.63, 3.8) is 0 Å². The summed E-state index contributed by atoms with van der Waals surface area (Å²) in [6.45, 7) is 2.95. The summed E-state index contributed by atoms with van der Waals surface area (Å²) >= 11 is 0. The van der Waals surface area contributed by atoms with Crippen LogP contribution in [0, 0.1) is 5.82 Å². The van der Waals surface area contributed by atoms with Gasteiger partial charge >= 0.3 is 0 Å². The van der Waals surface area contributed by atoms with Gasteiger partial charge in [-0.2, -0.15) is 0 Å². The van der Waals surface area contributed by atoms with Gasteiger partial charge < -0.3 is 15.7 Å².